The molecule has 15 heavy (non-hydrogen) atoms. The van der Waals surface area contributed by atoms with Crippen LogP contribution in [0, 0.1) is 6.92 Å². The van der Waals surface area contributed by atoms with Crippen molar-refractivity contribution in [1.29, 1.82) is 0 Å². The fourth-order valence-electron chi connectivity index (χ4n) is 1.80. The van der Waals surface area contributed by atoms with Crippen molar-refractivity contribution in [3.8, 4) is 5.75 Å². The van der Waals surface area contributed by atoms with E-state index in [-0.39, 0.29) is 6.04 Å². The Balaban J connectivity index is 2.33. The Labute approximate surface area is 97.6 Å². The smallest absolute Gasteiger partial charge is 0.116 e. The van der Waals surface area contributed by atoms with Gasteiger partial charge in [0, 0.05) is 11.0 Å². The number of aryl methyl sites for hydroxylation is 1. The third-order valence-electron chi connectivity index (χ3n) is 2.56. The van der Waals surface area contributed by atoms with Crippen LogP contribution in [0.15, 0.2) is 16.6 Å². The molecule has 1 unspecified atom stereocenters. The van der Waals surface area contributed by atoms with Gasteiger partial charge in [-0.2, -0.15) is 0 Å². The van der Waals surface area contributed by atoms with Gasteiger partial charge >= 0.3 is 0 Å². The van der Waals surface area contributed by atoms with Crippen LogP contribution < -0.4 is 5.32 Å². The fraction of sp³-hybridized carbons (Fsp3) is 0.455. The zero-order chi connectivity index (χ0) is 10.8. The van der Waals surface area contributed by atoms with E-state index in [1.807, 2.05) is 6.92 Å². The summed E-state index contributed by atoms with van der Waals surface area (Å²) in [4.78, 5) is 0. The quantitative estimate of drug-likeness (QED) is 0.822. The third-order valence-corrected chi connectivity index (χ3v) is 3.65. The lowest BCUT2D eigenvalue weighted by atomic mass is 10.0. The number of phenols is 1. The van der Waals surface area contributed by atoms with Gasteiger partial charge in [-0.15, -0.1) is 0 Å². The monoisotopic (exact) mass is 271 g/mol. The molecule has 0 saturated carbocycles. The van der Waals surface area contributed by atoms with Crippen LogP contribution in [-0.4, -0.2) is 24.9 Å². The van der Waals surface area contributed by atoms with Gasteiger partial charge in [0.25, 0.3) is 0 Å². The van der Waals surface area contributed by atoms with Gasteiger partial charge in [-0.1, -0.05) is 15.9 Å². The molecule has 0 radical (unpaired) electrons. The fourth-order valence-corrected chi connectivity index (χ4v) is 2.30. The van der Waals surface area contributed by atoms with Crippen LogP contribution >= 0.6 is 15.9 Å². The van der Waals surface area contributed by atoms with E-state index in [1.54, 1.807) is 12.1 Å². The minimum Gasteiger partial charge on any atom is -0.508 e. The van der Waals surface area contributed by atoms with Crippen LogP contribution in [0.1, 0.15) is 17.2 Å². The highest BCUT2D eigenvalue weighted by molar-refractivity contribution is 9.10. The first kappa shape index (κ1) is 10.9. The summed E-state index contributed by atoms with van der Waals surface area (Å²) in [7, 11) is 0. The number of aromatic hydroxyl groups is 1. The molecule has 1 fully saturated rings. The molecule has 1 saturated heterocycles. The van der Waals surface area contributed by atoms with E-state index in [9.17, 15) is 5.11 Å². The number of morpholine rings is 1. The molecule has 1 aliphatic rings. The lowest BCUT2D eigenvalue weighted by molar-refractivity contribution is 0.0766. The second kappa shape index (κ2) is 4.51. The highest BCUT2D eigenvalue weighted by atomic mass is 79.9. The molecule has 0 spiro atoms. The largest absolute Gasteiger partial charge is 0.508 e. The number of phenolic OH excluding ortho intramolecular Hbond substituents is 1. The molecular weight excluding hydrogens is 258 g/mol. The molecular formula is C11H14BrNO2. The maximum Gasteiger partial charge on any atom is 0.116 e. The van der Waals surface area contributed by atoms with Gasteiger partial charge in [0.15, 0.2) is 0 Å². The van der Waals surface area contributed by atoms with Gasteiger partial charge in [0.2, 0.25) is 0 Å². The first-order chi connectivity index (χ1) is 7.18. The van der Waals surface area contributed by atoms with Crippen LogP contribution in [0.2, 0.25) is 0 Å². The number of benzene rings is 1. The maximum atomic E-state index is 9.56. The average Bonchev–Trinajstić information content (AvgIpc) is 2.24. The Morgan fingerprint density at radius 3 is 3.00 bits per heavy atom. The summed E-state index contributed by atoms with van der Waals surface area (Å²) >= 11 is 3.54. The maximum absolute atomic E-state index is 9.56. The average molecular weight is 272 g/mol. The normalized spacial score (nSPS) is 21.6. The zero-order valence-electron chi connectivity index (χ0n) is 8.59. The molecule has 0 amide bonds. The number of ether oxygens (including phenoxy) is 1. The van der Waals surface area contributed by atoms with E-state index in [0.717, 1.165) is 28.8 Å². The van der Waals surface area contributed by atoms with E-state index < -0.39 is 0 Å². The molecule has 1 aliphatic heterocycles. The molecule has 82 valence electrons. The molecule has 0 aromatic heterocycles. The molecule has 2 N–H and O–H groups in total. The highest BCUT2D eigenvalue weighted by Crippen LogP contribution is 2.31. The summed E-state index contributed by atoms with van der Waals surface area (Å²) in [5.41, 5.74) is 2.10. The Bertz CT molecular complexity index is 362. The van der Waals surface area contributed by atoms with Gasteiger partial charge in [-0.05, 0) is 30.2 Å². The molecule has 1 aromatic rings. The van der Waals surface area contributed by atoms with Gasteiger partial charge < -0.3 is 15.2 Å². The first-order valence-electron chi connectivity index (χ1n) is 4.98. The van der Waals surface area contributed by atoms with Crippen molar-refractivity contribution in [3.05, 3.63) is 27.7 Å². The topological polar surface area (TPSA) is 41.5 Å². The number of hydrogen-bond donors (Lipinski definition) is 2. The van der Waals surface area contributed by atoms with Gasteiger partial charge in [0.05, 0.1) is 19.3 Å². The minimum absolute atomic E-state index is 0.166. The van der Waals surface area contributed by atoms with E-state index in [1.165, 1.54) is 0 Å². The minimum atomic E-state index is 0.166. The van der Waals surface area contributed by atoms with Gasteiger partial charge in [-0.25, -0.2) is 0 Å². The summed E-state index contributed by atoms with van der Waals surface area (Å²) in [5.74, 6) is 0.304. The number of nitrogens with one attached hydrogen (secondary N) is 1. The Morgan fingerprint density at radius 1 is 1.53 bits per heavy atom. The Hall–Kier alpha value is -0.580. The molecule has 4 heteroatoms. The lowest BCUT2D eigenvalue weighted by Crippen LogP contribution is -2.34. The number of halogens is 1. The summed E-state index contributed by atoms with van der Waals surface area (Å²) < 4.78 is 6.45. The predicted molar refractivity (Wildman–Crippen MR) is 62.1 cm³/mol. The molecule has 3 nitrogen and oxygen atoms in total. The van der Waals surface area contributed by atoms with Crippen LogP contribution in [0.25, 0.3) is 0 Å². The van der Waals surface area contributed by atoms with E-state index in [2.05, 4.69) is 21.2 Å². The van der Waals surface area contributed by atoms with Crippen molar-refractivity contribution in [2.75, 3.05) is 19.8 Å². The van der Waals surface area contributed by atoms with Crippen molar-refractivity contribution in [2.24, 2.45) is 0 Å². The predicted octanol–water partition coefficient (Wildman–Crippen LogP) is 2.12. The van der Waals surface area contributed by atoms with Crippen molar-refractivity contribution in [2.45, 2.75) is 13.0 Å². The summed E-state index contributed by atoms with van der Waals surface area (Å²) in [6, 6.07) is 3.69. The molecule has 0 bridgehead atoms. The summed E-state index contributed by atoms with van der Waals surface area (Å²) in [5, 5.41) is 12.9. The second-order valence-electron chi connectivity index (χ2n) is 3.75. The van der Waals surface area contributed by atoms with Gasteiger partial charge in [-0.3, -0.25) is 0 Å². The van der Waals surface area contributed by atoms with Crippen molar-refractivity contribution in [3.63, 3.8) is 0 Å². The molecule has 1 heterocycles. The summed E-state index contributed by atoms with van der Waals surface area (Å²) in [6.45, 7) is 4.23. The standard InChI is InChI=1S/C11H14BrNO2/c1-7-4-8(14)5-9(11(7)12)10-6-15-3-2-13-10/h4-5,10,13-14H,2-3,6H2,1H3. The van der Waals surface area contributed by atoms with Crippen molar-refractivity contribution >= 4 is 15.9 Å². The van der Waals surface area contributed by atoms with Crippen LogP contribution in [0.3, 0.4) is 0 Å². The molecule has 2 rings (SSSR count). The van der Waals surface area contributed by atoms with Gasteiger partial charge in [0.1, 0.15) is 5.75 Å². The second-order valence-corrected chi connectivity index (χ2v) is 4.54. The van der Waals surface area contributed by atoms with Crippen LogP contribution in [0.5, 0.6) is 5.75 Å². The number of rotatable bonds is 1. The third kappa shape index (κ3) is 2.33. The lowest BCUT2D eigenvalue weighted by Gasteiger charge is -2.25. The van der Waals surface area contributed by atoms with Crippen molar-refractivity contribution in [1.82, 2.24) is 5.32 Å². The van der Waals surface area contributed by atoms with E-state index in [4.69, 9.17) is 4.74 Å². The van der Waals surface area contributed by atoms with Crippen LogP contribution in [0.4, 0.5) is 0 Å². The van der Waals surface area contributed by atoms with Crippen LogP contribution in [-0.2, 0) is 4.74 Å². The Kier molecular flexibility index (Phi) is 3.29. The van der Waals surface area contributed by atoms with E-state index in [0.29, 0.717) is 12.4 Å². The Morgan fingerprint density at radius 2 is 2.33 bits per heavy atom. The molecule has 1 atom stereocenters. The summed E-state index contributed by atoms with van der Waals surface area (Å²) in [6.07, 6.45) is 0. The highest BCUT2D eigenvalue weighted by Gasteiger charge is 2.19. The van der Waals surface area contributed by atoms with Crippen molar-refractivity contribution < 1.29 is 9.84 Å². The van der Waals surface area contributed by atoms with E-state index >= 15 is 0 Å². The zero-order valence-corrected chi connectivity index (χ0v) is 10.2. The molecule has 0 aliphatic carbocycles. The first-order valence-corrected chi connectivity index (χ1v) is 5.78. The number of hydrogen-bond acceptors (Lipinski definition) is 3. The SMILES string of the molecule is Cc1cc(O)cc(C2COCCN2)c1Br. The molecule has 1 aromatic carbocycles.